The third-order valence-electron chi connectivity index (χ3n) is 2.86. The van der Waals surface area contributed by atoms with Crippen LogP contribution in [0.25, 0.3) is 0 Å². The average Bonchev–Trinajstić information content (AvgIpc) is 2.59. The minimum absolute atomic E-state index is 0.0610. The predicted molar refractivity (Wildman–Crippen MR) is 49.4 cm³/mol. The summed E-state index contributed by atoms with van der Waals surface area (Å²) in [4.78, 5) is 12.9. The van der Waals surface area contributed by atoms with Crippen molar-refractivity contribution in [1.82, 2.24) is 4.90 Å². The number of hydrogen-bond donors (Lipinski definition) is 1. The summed E-state index contributed by atoms with van der Waals surface area (Å²) in [5.74, 6) is -0.0877. The van der Waals surface area contributed by atoms with Gasteiger partial charge in [-0.25, -0.2) is 8.42 Å². The maximum absolute atomic E-state index is 11.4. The molecule has 1 amide bonds. The predicted octanol–water partition coefficient (Wildman–Crippen LogP) is -1.23. The highest BCUT2D eigenvalue weighted by molar-refractivity contribution is 7.91. The van der Waals surface area contributed by atoms with Crippen LogP contribution in [0.3, 0.4) is 0 Å². The number of carbonyl (C=O) groups is 1. The van der Waals surface area contributed by atoms with Crippen molar-refractivity contribution in [1.29, 1.82) is 0 Å². The Morgan fingerprint density at radius 3 is 2.50 bits per heavy atom. The third-order valence-corrected chi connectivity index (χ3v) is 4.61. The van der Waals surface area contributed by atoms with Crippen LogP contribution in [-0.4, -0.2) is 54.5 Å². The Hall–Kier alpha value is -0.620. The number of carbonyl (C=O) groups excluding carboxylic acids is 1. The molecule has 0 spiro atoms. The molecule has 0 saturated carbocycles. The lowest BCUT2D eigenvalue weighted by Crippen LogP contribution is -2.39. The molecular weight excluding hydrogens is 206 g/mol. The highest BCUT2D eigenvalue weighted by Crippen LogP contribution is 2.22. The first-order valence-corrected chi connectivity index (χ1v) is 6.51. The highest BCUT2D eigenvalue weighted by Gasteiger charge is 2.39. The molecule has 2 aliphatic heterocycles. The number of amides is 1. The maximum Gasteiger partial charge on any atom is 0.251 e. The van der Waals surface area contributed by atoms with Crippen molar-refractivity contribution in [2.24, 2.45) is 0 Å². The Morgan fingerprint density at radius 1 is 1.36 bits per heavy atom. The molecule has 0 bridgehead atoms. The highest BCUT2D eigenvalue weighted by atomic mass is 32.2. The molecule has 2 aliphatic rings. The molecule has 14 heavy (non-hydrogen) atoms. The molecule has 0 radical (unpaired) electrons. The molecule has 80 valence electrons. The minimum Gasteiger partial charge on any atom is -0.383 e. The zero-order valence-electron chi connectivity index (χ0n) is 7.72. The number of likely N-dealkylation sites (tertiary alicyclic amines) is 1. The molecule has 0 aromatic rings. The lowest BCUT2D eigenvalue weighted by atomic mass is 10.2. The fraction of sp³-hybridized carbons (Fsp3) is 0.875. The average molecular weight is 219 g/mol. The minimum atomic E-state index is -2.95. The summed E-state index contributed by atoms with van der Waals surface area (Å²) in [5.41, 5.74) is 0. The van der Waals surface area contributed by atoms with Crippen LogP contribution < -0.4 is 0 Å². The lowest BCUT2D eigenvalue weighted by molar-refractivity contribution is -0.135. The second kappa shape index (κ2) is 3.20. The number of aliphatic hydroxyl groups excluding tert-OH is 1. The Bertz CT molecular complexity index is 350. The van der Waals surface area contributed by atoms with Crippen molar-refractivity contribution in [3.8, 4) is 0 Å². The number of hydrogen-bond acceptors (Lipinski definition) is 4. The van der Waals surface area contributed by atoms with E-state index >= 15 is 0 Å². The summed E-state index contributed by atoms with van der Waals surface area (Å²) in [5, 5.41) is 9.22. The number of nitrogens with zero attached hydrogens (tertiary/aromatic N) is 1. The molecule has 2 atom stereocenters. The zero-order chi connectivity index (χ0) is 10.3. The summed E-state index contributed by atoms with van der Waals surface area (Å²) >= 11 is 0. The largest absolute Gasteiger partial charge is 0.383 e. The van der Waals surface area contributed by atoms with E-state index in [1.54, 1.807) is 0 Å². The quantitative estimate of drug-likeness (QED) is 0.599. The molecule has 2 rings (SSSR count). The van der Waals surface area contributed by atoms with Gasteiger partial charge in [0.05, 0.1) is 11.5 Å². The second-order valence-corrected chi connectivity index (χ2v) is 6.12. The van der Waals surface area contributed by atoms with E-state index in [9.17, 15) is 18.3 Å². The van der Waals surface area contributed by atoms with Crippen LogP contribution in [0.15, 0.2) is 0 Å². The van der Waals surface area contributed by atoms with Crippen LogP contribution in [-0.2, 0) is 14.6 Å². The van der Waals surface area contributed by atoms with E-state index < -0.39 is 15.9 Å². The summed E-state index contributed by atoms with van der Waals surface area (Å²) in [6, 6.07) is -0.204. The third kappa shape index (κ3) is 1.64. The van der Waals surface area contributed by atoms with Gasteiger partial charge in [-0.1, -0.05) is 0 Å². The van der Waals surface area contributed by atoms with Gasteiger partial charge in [-0.3, -0.25) is 4.79 Å². The van der Waals surface area contributed by atoms with Crippen LogP contribution in [0.1, 0.15) is 12.8 Å². The van der Waals surface area contributed by atoms with Crippen molar-refractivity contribution in [2.45, 2.75) is 25.0 Å². The zero-order valence-corrected chi connectivity index (χ0v) is 8.53. The van der Waals surface area contributed by atoms with Crippen LogP contribution in [0.5, 0.6) is 0 Å². The first-order chi connectivity index (χ1) is 6.49. The molecule has 1 N–H and O–H groups in total. The van der Waals surface area contributed by atoms with Crippen molar-refractivity contribution in [3.63, 3.8) is 0 Å². The number of rotatable bonds is 1. The van der Waals surface area contributed by atoms with Crippen molar-refractivity contribution < 1.29 is 18.3 Å². The van der Waals surface area contributed by atoms with E-state index in [-0.39, 0.29) is 23.5 Å². The van der Waals surface area contributed by atoms with Gasteiger partial charge >= 0.3 is 0 Å². The lowest BCUT2D eigenvalue weighted by Gasteiger charge is -2.22. The first-order valence-electron chi connectivity index (χ1n) is 4.68. The molecule has 0 aromatic carbocycles. The molecule has 2 saturated heterocycles. The van der Waals surface area contributed by atoms with Gasteiger partial charge in [-0.15, -0.1) is 0 Å². The van der Waals surface area contributed by atoms with E-state index in [1.807, 2.05) is 0 Å². The van der Waals surface area contributed by atoms with E-state index in [0.29, 0.717) is 19.4 Å². The molecular formula is C8H13NO4S. The molecule has 0 aromatic heterocycles. The maximum atomic E-state index is 11.4. The monoisotopic (exact) mass is 219 g/mol. The Labute approximate surface area is 82.6 Å². The van der Waals surface area contributed by atoms with Gasteiger partial charge in [0.1, 0.15) is 6.10 Å². The SMILES string of the molecule is O=C1C(O)CCN1C1CCS(=O)(=O)C1. The molecule has 5 nitrogen and oxygen atoms in total. The summed E-state index contributed by atoms with van der Waals surface area (Å²) < 4.78 is 22.4. The molecule has 0 aliphatic carbocycles. The van der Waals surface area contributed by atoms with Gasteiger partial charge in [-0.05, 0) is 12.8 Å². The Balaban J connectivity index is 2.08. The van der Waals surface area contributed by atoms with Gasteiger partial charge in [-0.2, -0.15) is 0 Å². The number of aliphatic hydroxyl groups is 1. The van der Waals surface area contributed by atoms with Crippen LogP contribution >= 0.6 is 0 Å². The Morgan fingerprint density at radius 2 is 2.07 bits per heavy atom. The van der Waals surface area contributed by atoms with Crippen molar-refractivity contribution >= 4 is 15.7 Å². The van der Waals surface area contributed by atoms with Gasteiger partial charge < -0.3 is 10.0 Å². The van der Waals surface area contributed by atoms with Crippen molar-refractivity contribution in [3.05, 3.63) is 0 Å². The molecule has 6 heteroatoms. The number of sulfone groups is 1. The second-order valence-electron chi connectivity index (χ2n) is 3.89. The van der Waals surface area contributed by atoms with Crippen molar-refractivity contribution in [2.75, 3.05) is 18.1 Å². The summed E-state index contributed by atoms with van der Waals surface area (Å²) in [6.45, 7) is 0.486. The Kier molecular flexibility index (Phi) is 2.27. The fourth-order valence-electron chi connectivity index (χ4n) is 2.07. The first kappa shape index (κ1) is 9.92. The van der Waals surface area contributed by atoms with E-state index in [0.717, 1.165) is 0 Å². The summed E-state index contributed by atoms with van der Waals surface area (Å²) in [7, 11) is -2.95. The van der Waals surface area contributed by atoms with E-state index in [1.165, 1.54) is 4.90 Å². The van der Waals surface area contributed by atoms with Crippen LogP contribution in [0, 0.1) is 0 Å². The van der Waals surface area contributed by atoms with Crippen LogP contribution in [0.2, 0.25) is 0 Å². The topological polar surface area (TPSA) is 74.7 Å². The summed E-state index contributed by atoms with van der Waals surface area (Å²) in [6.07, 6.45) is 0.0224. The van der Waals surface area contributed by atoms with Crippen LogP contribution in [0.4, 0.5) is 0 Å². The molecule has 2 fully saturated rings. The van der Waals surface area contributed by atoms with E-state index in [2.05, 4.69) is 0 Å². The van der Waals surface area contributed by atoms with Gasteiger partial charge in [0.15, 0.2) is 9.84 Å². The van der Waals surface area contributed by atoms with Gasteiger partial charge in [0.2, 0.25) is 0 Å². The standard InChI is InChI=1S/C8H13NO4S/c10-7-1-3-9(8(7)11)6-2-4-14(12,13)5-6/h6-7,10H,1-5H2. The molecule has 2 heterocycles. The smallest absolute Gasteiger partial charge is 0.251 e. The van der Waals surface area contributed by atoms with E-state index in [4.69, 9.17) is 0 Å². The normalized spacial score (nSPS) is 36.6. The van der Waals surface area contributed by atoms with Gasteiger partial charge in [0, 0.05) is 12.6 Å². The van der Waals surface area contributed by atoms with Gasteiger partial charge in [0.25, 0.3) is 5.91 Å². The molecule has 2 unspecified atom stereocenters. The fourth-order valence-corrected chi connectivity index (χ4v) is 3.80.